The first-order valence-electron chi connectivity index (χ1n) is 30.1. The maximum atomic E-state index is 13.2. The fourth-order valence-electron chi connectivity index (χ4n) is 12.3. The summed E-state index contributed by atoms with van der Waals surface area (Å²) in [4.78, 5) is 34.0. The van der Waals surface area contributed by atoms with Crippen molar-refractivity contribution in [3.05, 3.63) is 212 Å². The predicted octanol–water partition coefficient (Wildman–Crippen LogP) is 18.1. The van der Waals surface area contributed by atoms with Gasteiger partial charge in [0.2, 0.25) is 17.7 Å². The van der Waals surface area contributed by atoms with Crippen LogP contribution in [0.5, 0.6) is 0 Å². The Kier molecular flexibility index (Phi) is 23.3. The number of carbonyl (C=O) groups excluding carboxylic acids is 3. The normalized spacial score (nSPS) is 22.2. The van der Waals surface area contributed by atoms with Crippen molar-refractivity contribution < 1.29 is 108 Å². The van der Waals surface area contributed by atoms with Crippen LogP contribution in [0.1, 0.15) is 165 Å². The zero-order chi connectivity index (χ0) is 71.2. The third-order valence-electron chi connectivity index (χ3n) is 17.3. The van der Waals surface area contributed by atoms with Gasteiger partial charge in [-0.2, -0.15) is 79.0 Å². The molecule has 0 unspecified atom stereocenters. The summed E-state index contributed by atoms with van der Waals surface area (Å²) in [5.74, 6) is -0.515. The first-order valence-corrected chi connectivity index (χ1v) is 30.1. The van der Waals surface area contributed by atoms with Crippen LogP contribution in [-0.4, -0.2) is 55.7 Å². The average molecular weight is 1380 g/mol. The van der Waals surface area contributed by atoms with E-state index in [1.807, 2.05) is 91.0 Å². The zero-order valence-electron chi connectivity index (χ0n) is 52.4. The molecule has 3 aliphatic carbocycles. The van der Waals surface area contributed by atoms with Gasteiger partial charge in [0.15, 0.2) is 0 Å². The molecule has 96 heavy (non-hydrogen) atoms. The lowest BCUT2D eigenvalue weighted by molar-refractivity contribution is -0.145. The number of amides is 3. The number of halogens is 18. The van der Waals surface area contributed by atoms with Gasteiger partial charge in [-0.05, 0) is 147 Å². The number of alkyl halides is 18. The third-order valence-corrected chi connectivity index (χ3v) is 17.3. The van der Waals surface area contributed by atoms with E-state index in [0.29, 0.717) is 74.9 Å². The Balaban J connectivity index is 0.000000203. The molecular weight excluding hydrogens is 1310 g/mol. The van der Waals surface area contributed by atoms with E-state index in [2.05, 4.69) is 16.0 Å². The van der Waals surface area contributed by atoms with Crippen LogP contribution in [0.3, 0.4) is 0 Å². The Bertz CT molecular complexity index is 3120. The van der Waals surface area contributed by atoms with Crippen molar-refractivity contribution in [3.8, 4) is 0 Å². The summed E-state index contributed by atoms with van der Waals surface area (Å²) in [7, 11) is 0. The standard InChI is InChI=1S/3C23H23F6NO2/c3*1-14(16-8-18(22(24,25)26)10-19(9-16)23(27,28)29)32-13-21(17-6-4-3-5-7-17)11-20(12-21)30-15(2)31/h3*3-10,14,20H,11-13H2,1-2H3,(H,30,31)/t3*14-,20?,21?/m111/s1. The van der Waals surface area contributed by atoms with E-state index in [-0.39, 0.29) is 90.6 Å². The van der Waals surface area contributed by atoms with Gasteiger partial charge in [0, 0.05) is 55.1 Å². The van der Waals surface area contributed by atoms with E-state index < -0.39 is 105 Å². The fourth-order valence-corrected chi connectivity index (χ4v) is 12.3. The molecule has 0 spiro atoms. The number of rotatable bonds is 18. The Morgan fingerprint density at radius 1 is 0.344 bits per heavy atom. The number of nitrogens with one attached hydrogen (secondary N) is 3. The van der Waals surface area contributed by atoms with Crippen LogP contribution in [0, 0.1) is 0 Å². The van der Waals surface area contributed by atoms with Gasteiger partial charge < -0.3 is 30.2 Å². The van der Waals surface area contributed by atoms with E-state index in [1.165, 1.54) is 41.5 Å². The molecule has 3 atom stereocenters. The summed E-state index contributed by atoms with van der Waals surface area (Å²) in [6.45, 7) is 8.78. The summed E-state index contributed by atoms with van der Waals surface area (Å²) < 4.78 is 254. The molecule has 3 fully saturated rings. The maximum absolute atomic E-state index is 13.2. The highest BCUT2D eigenvalue weighted by atomic mass is 19.4. The summed E-state index contributed by atoms with van der Waals surface area (Å²) >= 11 is 0. The highest BCUT2D eigenvalue weighted by Gasteiger charge is 2.50. The van der Waals surface area contributed by atoms with Gasteiger partial charge in [-0.3, -0.25) is 14.4 Å². The van der Waals surface area contributed by atoms with Gasteiger partial charge in [-0.15, -0.1) is 0 Å². The van der Waals surface area contributed by atoms with Gasteiger partial charge in [0.1, 0.15) is 0 Å². The first kappa shape index (κ1) is 75.7. The molecule has 27 heteroatoms. The number of benzene rings is 6. The van der Waals surface area contributed by atoms with Gasteiger partial charge >= 0.3 is 37.1 Å². The molecular formula is C69H69F18N3O6. The molecule has 6 aromatic rings. The van der Waals surface area contributed by atoms with Crippen LogP contribution in [0.4, 0.5) is 79.0 Å². The molecule has 9 rings (SSSR count). The van der Waals surface area contributed by atoms with E-state index in [4.69, 9.17) is 14.2 Å². The van der Waals surface area contributed by atoms with Crippen LogP contribution in [0.2, 0.25) is 0 Å². The Morgan fingerprint density at radius 2 is 0.521 bits per heavy atom. The molecule has 0 aromatic heterocycles. The van der Waals surface area contributed by atoms with Crippen molar-refractivity contribution in [3.63, 3.8) is 0 Å². The second-order valence-electron chi connectivity index (χ2n) is 24.7. The third kappa shape index (κ3) is 19.8. The number of carbonyl (C=O) groups is 3. The lowest BCUT2D eigenvalue weighted by Crippen LogP contribution is -2.55. The van der Waals surface area contributed by atoms with Gasteiger partial charge in [0.05, 0.1) is 71.5 Å². The van der Waals surface area contributed by atoms with Crippen LogP contribution >= 0.6 is 0 Å². The minimum absolute atomic E-state index is 0.0722. The molecule has 0 heterocycles. The molecule has 0 bridgehead atoms. The van der Waals surface area contributed by atoms with Crippen LogP contribution in [0.25, 0.3) is 0 Å². The second-order valence-corrected chi connectivity index (χ2v) is 24.7. The number of hydrogen-bond donors (Lipinski definition) is 3. The average Bonchev–Trinajstić information content (AvgIpc) is 0.771. The predicted molar refractivity (Wildman–Crippen MR) is 317 cm³/mol. The lowest BCUT2D eigenvalue weighted by atomic mass is 9.62. The second kappa shape index (κ2) is 29.6. The summed E-state index contributed by atoms with van der Waals surface area (Å²) in [6.07, 6.45) is -29.2. The molecule has 3 saturated carbocycles. The summed E-state index contributed by atoms with van der Waals surface area (Å²) in [5.41, 5.74) is -7.48. The minimum atomic E-state index is -4.92. The van der Waals surface area contributed by atoms with Crippen molar-refractivity contribution in [1.29, 1.82) is 0 Å². The monoisotopic (exact) mass is 1380 g/mol. The van der Waals surface area contributed by atoms with Gasteiger partial charge in [0.25, 0.3) is 0 Å². The molecule has 0 radical (unpaired) electrons. The quantitative estimate of drug-likeness (QED) is 0.0739. The Hall–Kier alpha value is -7.65. The molecule has 3 aliphatic rings. The van der Waals surface area contributed by atoms with Crippen molar-refractivity contribution in [2.45, 2.75) is 170 Å². The molecule has 3 amide bonds. The molecule has 3 N–H and O–H groups in total. The van der Waals surface area contributed by atoms with E-state index >= 15 is 0 Å². The Labute approximate surface area is 541 Å². The van der Waals surface area contributed by atoms with E-state index in [0.717, 1.165) is 16.7 Å². The Morgan fingerprint density at radius 3 is 0.677 bits per heavy atom. The van der Waals surface area contributed by atoms with Crippen molar-refractivity contribution in [1.82, 2.24) is 16.0 Å². The van der Waals surface area contributed by atoms with Crippen molar-refractivity contribution >= 4 is 17.7 Å². The first-order chi connectivity index (χ1) is 44.4. The SMILES string of the molecule is CC(=O)NC1CC(CO[C@H](C)c2cc(C(F)(F)F)cc(C(F)(F)F)c2)(c2ccccc2)C1.CC(=O)NC1CC(CO[C@H](C)c2cc(C(F)(F)F)cc(C(F)(F)F)c2)(c2ccccc2)C1.CC(=O)NC1CC(CO[C@H](C)c2cc(C(F)(F)F)cc(C(F)(F)F)c2)(c2ccccc2)C1. The topological polar surface area (TPSA) is 115 Å². The smallest absolute Gasteiger partial charge is 0.373 e. The maximum Gasteiger partial charge on any atom is 0.416 e. The van der Waals surface area contributed by atoms with E-state index in [1.54, 1.807) is 0 Å². The molecule has 522 valence electrons. The zero-order valence-corrected chi connectivity index (χ0v) is 52.4. The van der Waals surface area contributed by atoms with Crippen LogP contribution < -0.4 is 16.0 Å². The van der Waals surface area contributed by atoms with Crippen LogP contribution in [-0.2, 0) is 81.9 Å². The largest absolute Gasteiger partial charge is 0.416 e. The molecule has 0 saturated heterocycles. The lowest BCUT2D eigenvalue weighted by Gasteiger charge is -2.48. The minimum Gasteiger partial charge on any atom is -0.373 e. The highest BCUT2D eigenvalue weighted by molar-refractivity contribution is 5.74. The summed E-state index contributed by atoms with van der Waals surface area (Å²) in [6, 6.07) is 32.2. The molecule has 6 aromatic carbocycles. The van der Waals surface area contributed by atoms with Crippen molar-refractivity contribution in [2.24, 2.45) is 0 Å². The highest BCUT2D eigenvalue weighted by Crippen LogP contribution is 2.49. The number of hydrogen-bond acceptors (Lipinski definition) is 6. The van der Waals surface area contributed by atoms with Gasteiger partial charge in [-0.25, -0.2) is 0 Å². The van der Waals surface area contributed by atoms with E-state index in [9.17, 15) is 93.4 Å². The molecule has 0 aliphatic heterocycles. The summed E-state index contributed by atoms with van der Waals surface area (Å²) in [5, 5.41) is 8.48. The van der Waals surface area contributed by atoms with Gasteiger partial charge in [-0.1, -0.05) is 91.0 Å². The van der Waals surface area contributed by atoms with Crippen molar-refractivity contribution in [2.75, 3.05) is 19.8 Å². The molecule has 9 nitrogen and oxygen atoms in total. The number of ether oxygens (including phenoxy) is 3. The fraction of sp³-hybridized carbons (Fsp3) is 0.435. The van der Waals surface area contributed by atoms with Crippen LogP contribution in [0.15, 0.2) is 146 Å².